The normalized spacial score (nSPS) is 11.0. The molecule has 0 saturated heterocycles. The summed E-state index contributed by atoms with van der Waals surface area (Å²) in [7, 11) is 0. The van der Waals surface area contributed by atoms with E-state index in [-0.39, 0.29) is 23.7 Å². The molecule has 0 unspecified atom stereocenters. The average Bonchev–Trinajstić information content (AvgIpc) is 2.73. The van der Waals surface area contributed by atoms with Crippen LogP contribution in [0.3, 0.4) is 0 Å². The van der Waals surface area contributed by atoms with Crippen LogP contribution < -0.4 is 11.1 Å². The van der Waals surface area contributed by atoms with E-state index in [4.69, 9.17) is 4.42 Å². The molecule has 0 saturated carbocycles. The number of nitro benzene ring substituents is 1. The van der Waals surface area contributed by atoms with Crippen LogP contribution in [0.1, 0.15) is 20.3 Å². The predicted molar refractivity (Wildman–Crippen MR) is 79.6 cm³/mol. The van der Waals surface area contributed by atoms with E-state index in [0.29, 0.717) is 18.0 Å². The van der Waals surface area contributed by atoms with E-state index < -0.39 is 10.7 Å². The number of oxazole rings is 1. The Morgan fingerprint density at radius 2 is 2.18 bits per heavy atom. The van der Waals surface area contributed by atoms with Crippen LogP contribution in [-0.4, -0.2) is 21.9 Å². The Kier molecular flexibility index (Phi) is 4.59. The van der Waals surface area contributed by atoms with Gasteiger partial charge in [0.2, 0.25) is 5.91 Å². The molecule has 1 aromatic heterocycles. The van der Waals surface area contributed by atoms with Gasteiger partial charge in [0.25, 0.3) is 5.69 Å². The molecule has 22 heavy (non-hydrogen) atoms. The topological polar surface area (TPSA) is 107 Å². The van der Waals surface area contributed by atoms with Crippen molar-refractivity contribution in [2.45, 2.75) is 26.8 Å². The highest BCUT2D eigenvalue weighted by Gasteiger charge is 2.15. The molecule has 0 fully saturated rings. The maximum atomic E-state index is 11.8. The van der Waals surface area contributed by atoms with Gasteiger partial charge in [-0.25, -0.2) is 4.79 Å². The summed E-state index contributed by atoms with van der Waals surface area (Å²) >= 11 is 0. The summed E-state index contributed by atoms with van der Waals surface area (Å²) in [6.07, 6.45) is 0.846. The van der Waals surface area contributed by atoms with E-state index in [0.717, 1.165) is 11.0 Å². The lowest BCUT2D eigenvalue weighted by molar-refractivity contribution is -0.384. The van der Waals surface area contributed by atoms with Gasteiger partial charge in [-0.1, -0.05) is 13.8 Å². The zero-order valence-electron chi connectivity index (χ0n) is 12.4. The van der Waals surface area contributed by atoms with Gasteiger partial charge in [0.05, 0.1) is 16.5 Å². The molecule has 0 atom stereocenters. The first-order valence-corrected chi connectivity index (χ1v) is 6.93. The monoisotopic (exact) mass is 307 g/mol. The number of nitrogens with one attached hydrogen (secondary N) is 1. The molecule has 0 spiro atoms. The third-order valence-corrected chi connectivity index (χ3v) is 3.21. The fraction of sp³-hybridized carbons (Fsp3) is 0.429. The van der Waals surface area contributed by atoms with E-state index in [1.165, 1.54) is 18.2 Å². The van der Waals surface area contributed by atoms with Crippen LogP contribution in [-0.2, 0) is 11.3 Å². The van der Waals surface area contributed by atoms with Gasteiger partial charge < -0.3 is 9.73 Å². The lowest BCUT2D eigenvalue weighted by atomic mass is 10.1. The van der Waals surface area contributed by atoms with Crippen molar-refractivity contribution in [2.24, 2.45) is 5.92 Å². The van der Waals surface area contributed by atoms with Crippen LogP contribution in [0, 0.1) is 16.0 Å². The average molecular weight is 307 g/mol. The van der Waals surface area contributed by atoms with Crippen LogP contribution in [0.2, 0.25) is 0 Å². The summed E-state index contributed by atoms with van der Waals surface area (Å²) in [5.74, 6) is -0.545. The third-order valence-electron chi connectivity index (χ3n) is 3.21. The molecular formula is C14H17N3O5. The van der Waals surface area contributed by atoms with Crippen molar-refractivity contribution >= 4 is 22.7 Å². The number of carbonyl (C=O) groups is 1. The van der Waals surface area contributed by atoms with Crippen molar-refractivity contribution in [3.8, 4) is 0 Å². The summed E-state index contributed by atoms with van der Waals surface area (Å²) in [6.45, 7) is 4.45. The minimum Gasteiger partial charge on any atom is -0.407 e. The summed E-state index contributed by atoms with van der Waals surface area (Å²) in [5, 5.41) is 13.4. The molecule has 2 rings (SSSR count). The maximum absolute atomic E-state index is 11.8. The van der Waals surface area contributed by atoms with E-state index in [1.54, 1.807) is 0 Å². The highest BCUT2D eigenvalue weighted by molar-refractivity contribution is 5.80. The first kappa shape index (κ1) is 15.7. The van der Waals surface area contributed by atoms with Crippen molar-refractivity contribution in [3.63, 3.8) is 0 Å². The van der Waals surface area contributed by atoms with Crippen LogP contribution >= 0.6 is 0 Å². The number of carbonyl (C=O) groups excluding carboxylic acids is 1. The van der Waals surface area contributed by atoms with Gasteiger partial charge in [-0.2, -0.15) is 0 Å². The van der Waals surface area contributed by atoms with E-state index in [9.17, 15) is 19.7 Å². The van der Waals surface area contributed by atoms with Crippen LogP contribution in [0.5, 0.6) is 0 Å². The zero-order chi connectivity index (χ0) is 16.3. The first-order valence-electron chi connectivity index (χ1n) is 6.93. The summed E-state index contributed by atoms with van der Waals surface area (Å²) in [4.78, 5) is 33.8. The van der Waals surface area contributed by atoms with Crippen molar-refractivity contribution in [2.75, 3.05) is 6.54 Å². The third kappa shape index (κ3) is 3.51. The lowest BCUT2D eigenvalue weighted by Gasteiger charge is -2.07. The molecule has 1 aromatic carbocycles. The van der Waals surface area contributed by atoms with Crippen molar-refractivity contribution in [3.05, 3.63) is 38.9 Å². The van der Waals surface area contributed by atoms with E-state index in [1.807, 2.05) is 13.8 Å². The Morgan fingerprint density at radius 1 is 1.45 bits per heavy atom. The van der Waals surface area contributed by atoms with Gasteiger partial charge in [0.1, 0.15) is 6.54 Å². The first-order chi connectivity index (χ1) is 10.4. The number of nitro groups is 1. The van der Waals surface area contributed by atoms with E-state index in [2.05, 4.69) is 5.32 Å². The van der Waals surface area contributed by atoms with Crippen LogP contribution in [0.15, 0.2) is 27.4 Å². The Bertz CT molecular complexity index is 759. The minimum atomic E-state index is -0.713. The summed E-state index contributed by atoms with van der Waals surface area (Å²) in [6, 6.07) is 3.84. The number of non-ortho nitro benzene ring substituents is 1. The highest BCUT2D eigenvalue weighted by Crippen LogP contribution is 2.19. The SMILES string of the molecule is CC(C)CCNC(=O)Cn1c(=O)oc2cc([N+](=O)[O-])ccc21. The predicted octanol–water partition coefficient (Wildman–Crippen LogP) is 1.67. The number of rotatable bonds is 6. The molecule has 0 aliphatic heterocycles. The van der Waals surface area contributed by atoms with Gasteiger partial charge in [0.15, 0.2) is 5.58 Å². The number of hydrogen-bond donors (Lipinski definition) is 1. The molecule has 1 amide bonds. The molecule has 0 bridgehead atoms. The van der Waals surface area contributed by atoms with E-state index >= 15 is 0 Å². The Morgan fingerprint density at radius 3 is 2.82 bits per heavy atom. The number of nitrogens with zero attached hydrogens (tertiary/aromatic N) is 2. The fourth-order valence-corrected chi connectivity index (χ4v) is 2.02. The zero-order valence-corrected chi connectivity index (χ0v) is 12.4. The number of hydrogen-bond acceptors (Lipinski definition) is 5. The summed E-state index contributed by atoms with van der Waals surface area (Å²) in [5.41, 5.74) is 0.276. The fourth-order valence-electron chi connectivity index (χ4n) is 2.02. The Balaban J connectivity index is 2.17. The Hall–Kier alpha value is -2.64. The Labute approximate surface area is 125 Å². The number of aromatic nitrogens is 1. The second-order valence-electron chi connectivity index (χ2n) is 5.40. The van der Waals surface area contributed by atoms with Crippen molar-refractivity contribution in [1.29, 1.82) is 0 Å². The second kappa shape index (κ2) is 6.42. The number of benzene rings is 1. The quantitative estimate of drug-likeness (QED) is 0.645. The standard InChI is InChI=1S/C14H17N3O5/c1-9(2)5-6-15-13(18)8-16-11-4-3-10(17(20)21)7-12(11)22-14(16)19/h3-4,7,9H,5-6,8H2,1-2H3,(H,15,18). The number of fused-ring (bicyclic) bond motifs is 1. The van der Waals surface area contributed by atoms with Gasteiger partial charge >= 0.3 is 5.76 Å². The molecule has 1 heterocycles. The molecule has 118 valence electrons. The van der Waals surface area contributed by atoms with Gasteiger partial charge in [-0.05, 0) is 18.4 Å². The largest absolute Gasteiger partial charge is 0.420 e. The van der Waals surface area contributed by atoms with Crippen molar-refractivity contribution < 1.29 is 14.1 Å². The molecular weight excluding hydrogens is 290 g/mol. The molecule has 8 heteroatoms. The molecule has 8 nitrogen and oxygen atoms in total. The molecule has 1 N–H and O–H groups in total. The summed E-state index contributed by atoms with van der Waals surface area (Å²) < 4.78 is 6.11. The number of amides is 1. The second-order valence-corrected chi connectivity index (χ2v) is 5.40. The van der Waals surface area contributed by atoms with Gasteiger partial charge in [-0.15, -0.1) is 0 Å². The van der Waals surface area contributed by atoms with Crippen LogP contribution in [0.25, 0.3) is 11.1 Å². The highest BCUT2D eigenvalue weighted by atomic mass is 16.6. The van der Waals surface area contributed by atoms with Gasteiger partial charge in [-0.3, -0.25) is 19.5 Å². The maximum Gasteiger partial charge on any atom is 0.420 e. The smallest absolute Gasteiger partial charge is 0.407 e. The molecule has 0 aliphatic carbocycles. The molecule has 0 aliphatic rings. The molecule has 2 aromatic rings. The lowest BCUT2D eigenvalue weighted by Crippen LogP contribution is -2.31. The van der Waals surface area contributed by atoms with Crippen molar-refractivity contribution in [1.82, 2.24) is 9.88 Å². The minimum absolute atomic E-state index is 0.0918. The van der Waals surface area contributed by atoms with Gasteiger partial charge in [0, 0.05) is 12.6 Å². The molecule has 0 radical (unpaired) electrons. The van der Waals surface area contributed by atoms with Crippen LogP contribution in [0.4, 0.5) is 5.69 Å².